The first-order chi connectivity index (χ1) is 12.6. The van der Waals surface area contributed by atoms with Crippen LogP contribution in [-0.2, 0) is 4.74 Å². The number of halogens is 1. The average molecular weight is 377 g/mol. The molecule has 0 unspecified atom stereocenters. The summed E-state index contributed by atoms with van der Waals surface area (Å²) in [5.41, 5.74) is -1.36. The second-order valence-corrected chi connectivity index (χ2v) is 6.29. The third-order valence-corrected chi connectivity index (χ3v) is 3.03. The summed E-state index contributed by atoms with van der Waals surface area (Å²) < 4.78 is 24.4. The van der Waals surface area contributed by atoms with Gasteiger partial charge >= 0.3 is 6.09 Å². The summed E-state index contributed by atoms with van der Waals surface area (Å²) in [6.07, 6.45) is 0.771. The zero-order valence-electron chi connectivity index (χ0n) is 14.7. The van der Waals surface area contributed by atoms with E-state index in [1.54, 1.807) is 20.8 Å². The van der Waals surface area contributed by atoms with Crippen LogP contribution in [-0.4, -0.2) is 27.9 Å². The highest BCUT2D eigenvalue weighted by Gasteiger charge is 2.20. The molecule has 0 aliphatic heterocycles. The summed E-state index contributed by atoms with van der Waals surface area (Å²) in [5, 5.41) is 13.0. The van der Waals surface area contributed by atoms with Crippen LogP contribution in [0.15, 0.2) is 30.5 Å². The van der Waals surface area contributed by atoms with Crippen molar-refractivity contribution in [2.45, 2.75) is 26.4 Å². The van der Waals surface area contributed by atoms with Crippen molar-refractivity contribution in [3.8, 4) is 11.5 Å². The highest BCUT2D eigenvalue weighted by atomic mass is 19.1. The maximum absolute atomic E-state index is 14.0. The molecule has 0 spiro atoms. The molecule has 2 aromatic rings. The molecule has 0 saturated carbocycles. The number of aldehydes is 1. The number of carbonyl (C=O) groups is 2. The lowest BCUT2D eigenvalue weighted by Crippen LogP contribution is -2.27. The molecule has 142 valence electrons. The predicted molar refractivity (Wildman–Crippen MR) is 92.6 cm³/mol. The number of carbonyl (C=O) groups excluding carboxylic acids is 2. The standard InChI is InChI=1S/C17H16FN3O6/c1-17(2,3)27-16(23)20-15-11(9-22)13(6-7-19-15)26-14-5-4-10(21(24)25)8-12(14)18/h4-9H,1-3H3,(H,19,20,23). The van der Waals surface area contributed by atoms with Gasteiger partial charge in [0.2, 0.25) is 0 Å². The number of benzene rings is 1. The second-order valence-electron chi connectivity index (χ2n) is 6.29. The number of amides is 1. The Hall–Kier alpha value is -3.56. The Labute approximate surface area is 153 Å². The van der Waals surface area contributed by atoms with Gasteiger partial charge in [-0.3, -0.25) is 20.2 Å². The Bertz CT molecular complexity index is 895. The van der Waals surface area contributed by atoms with Crippen LogP contribution in [0.3, 0.4) is 0 Å². The third kappa shape index (κ3) is 5.21. The molecule has 1 aromatic carbocycles. The number of nitro benzene ring substituents is 1. The number of hydrogen-bond donors (Lipinski definition) is 1. The SMILES string of the molecule is CC(C)(C)OC(=O)Nc1nccc(Oc2ccc([N+](=O)[O-])cc2F)c1C=O. The van der Waals surface area contributed by atoms with Crippen molar-refractivity contribution in [1.29, 1.82) is 0 Å². The van der Waals surface area contributed by atoms with E-state index in [0.29, 0.717) is 12.4 Å². The molecule has 10 heteroatoms. The van der Waals surface area contributed by atoms with Gasteiger partial charge in [0.25, 0.3) is 5.69 Å². The number of anilines is 1. The van der Waals surface area contributed by atoms with Crippen molar-refractivity contribution in [3.05, 3.63) is 52.0 Å². The molecule has 27 heavy (non-hydrogen) atoms. The molecule has 1 aromatic heterocycles. The van der Waals surface area contributed by atoms with Gasteiger partial charge in [-0.25, -0.2) is 14.2 Å². The van der Waals surface area contributed by atoms with Crippen LogP contribution in [0.4, 0.5) is 20.7 Å². The molecule has 0 saturated heterocycles. The first-order valence-corrected chi connectivity index (χ1v) is 7.66. The molecule has 1 amide bonds. The maximum Gasteiger partial charge on any atom is 0.413 e. The normalized spacial score (nSPS) is 10.8. The largest absolute Gasteiger partial charge is 0.453 e. The number of pyridine rings is 1. The van der Waals surface area contributed by atoms with Crippen LogP contribution >= 0.6 is 0 Å². The van der Waals surface area contributed by atoms with Crippen LogP contribution in [0.25, 0.3) is 0 Å². The number of aromatic nitrogens is 1. The fourth-order valence-corrected chi connectivity index (χ4v) is 1.96. The number of nitrogens with one attached hydrogen (secondary N) is 1. The van der Waals surface area contributed by atoms with Crippen LogP contribution in [0.2, 0.25) is 0 Å². The monoisotopic (exact) mass is 377 g/mol. The Morgan fingerprint density at radius 2 is 2.00 bits per heavy atom. The van der Waals surface area contributed by atoms with Crippen LogP contribution in [0.1, 0.15) is 31.1 Å². The van der Waals surface area contributed by atoms with E-state index in [1.807, 2.05) is 0 Å². The molecular formula is C17H16FN3O6. The number of nitrogens with zero attached hydrogens (tertiary/aromatic N) is 2. The van der Waals surface area contributed by atoms with Crippen molar-refractivity contribution in [3.63, 3.8) is 0 Å². The third-order valence-electron chi connectivity index (χ3n) is 3.03. The summed E-state index contributed by atoms with van der Waals surface area (Å²) in [6.45, 7) is 4.99. The first-order valence-electron chi connectivity index (χ1n) is 7.66. The summed E-state index contributed by atoms with van der Waals surface area (Å²) in [4.78, 5) is 37.1. The number of non-ortho nitro benzene ring substituents is 1. The number of nitro groups is 1. The predicted octanol–water partition coefficient (Wildman–Crippen LogP) is 4.08. The molecule has 0 aliphatic carbocycles. The molecule has 0 fully saturated rings. The summed E-state index contributed by atoms with van der Waals surface area (Å²) in [6, 6.07) is 4.09. The zero-order valence-corrected chi connectivity index (χ0v) is 14.7. The van der Waals surface area contributed by atoms with Crippen molar-refractivity contribution in [2.75, 3.05) is 5.32 Å². The lowest BCUT2D eigenvalue weighted by molar-refractivity contribution is -0.385. The smallest absolute Gasteiger partial charge is 0.413 e. The van der Waals surface area contributed by atoms with Crippen molar-refractivity contribution in [2.24, 2.45) is 0 Å². The lowest BCUT2D eigenvalue weighted by Gasteiger charge is -2.20. The highest BCUT2D eigenvalue weighted by Crippen LogP contribution is 2.31. The molecule has 1 heterocycles. The van der Waals surface area contributed by atoms with Crippen molar-refractivity contribution < 1.29 is 28.4 Å². The Kier molecular flexibility index (Phi) is 5.69. The van der Waals surface area contributed by atoms with E-state index in [0.717, 1.165) is 12.1 Å². The Balaban J connectivity index is 2.29. The molecule has 1 N–H and O–H groups in total. The van der Waals surface area contributed by atoms with E-state index in [2.05, 4.69) is 10.3 Å². The fourth-order valence-electron chi connectivity index (χ4n) is 1.96. The summed E-state index contributed by atoms with van der Waals surface area (Å²) >= 11 is 0. The Morgan fingerprint density at radius 1 is 1.30 bits per heavy atom. The minimum Gasteiger partial charge on any atom is -0.453 e. The van der Waals surface area contributed by atoms with Crippen LogP contribution in [0, 0.1) is 15.9 Å². The second kappa shape index (κ2) is 7.77. The van der Waals surface area contributed by atoms with E-state index in [1.165, 1.54) is 12.3 Å². The molecule has 0 atom stereocenters. The van der Waals surface area contributed by atoms with E-state index in [9.17, 15) is 24.1 Å². The van der Waals surface area contributed by atoms with Gasteiger partial charge in [0.1, 0.15) is 17.2 Å². The van der Waals surface area contributed by atoms with Gasteiger partial charge in [0.15, 0.2) is 17.9 Å². The zero-order chi connectivity index (χ0) is 20.2. The lowest BCUT2D eigenvalue weighted by atomic mass is 10.2. The van der Waals surface area contributed by atoms with Gasteiger partial charge in [-0.05, 0) is 26.8 Å². The van der Waals surface area contributed by atoms with Crippen molar-refractivity contribution >= 4 is 23.9 Å². The average Bonchev–Trinajstić information content (AvgIpc) is 2.55. The quantitative estimate of drug-likeness (QED) is 0.473. The molecule has 0 aliphatic rings. The summed E-state index contributed by atoms with van der Waals surface area (Å²) in [5.74, 6) is -1.56. The van der Waals surface area contributed by atoms with Gasteiger partial charge in [0.05, 0.1) is 16.6 Å². The Morgan fingerprint density at radius 3 is 2.56 bits per heavy atom. The van der Waals surface area contributed by atoms with E-state index < -0.39 is 28.1 Å². The fraction of sp³-hybridized carbons (Fsp3) is 0.235. The van der Waals surface area contributed by atoms with Gasteiger partial charge in [0, 0.05) is 18.3 Å². The molecule has 9 nitrogen and oxygen atoms in total. The number of hydrogen-bond acceptors (Lipinski definition) is 7. The van der Waals surface area contributed by atoms with Gasteiger partial charge in [-0.15, -0.1) is 0 Å². The van der Waals surface area contributed by atoms with Crippen LogP contribution < -0.4 is 10.1 Å². The number of rotatable bonds is 5. The molecule has 0 bridgehead atoms. The molecule has 0 radical (unpaired) electrons. The topological polar surface area (TPSA) is 121 Å². The van der Waals surface area contributed by atoms with E-state index >= 15 is 0 Å². The van der Waals surface area contributed by atoms with Crippen molar-refractivity contribution in [1.82, 2.24) is 4.98 Å². The number of ether oxygens (including phenoxy) is 2. The first kappa shape index (κ1) is 19.8. The molecule has 2 rings (SSSR count). The minimum atomic E-state index is -0.987. The van der Waals surface area contributed by atoms with E-state index in [-0.39, 0.29) is 22.9 Å². The van der Waals surface area contributed by atoms with Gasteiger partial charge in [-0.1, -0.05) is 0 Å². The maximum atomic E-state index is 14.0. The van der Waals surface area contributed by atoms with Gasteiger partial charge in [-0.2, -0.15) is 0 Å². The minimum absolute atomic E-state index is 0.0983. The van der Waals surface area contributed by atoms with Crippen LogP contribution in [0.5, 0.6) is 11.5 Å². The van der Waals surface area contributed by atoms with Gasteiger partial charge < -0.3 is 9.47 Å². The van der Waals surface area contributed by atoms with E-state index in [4.69, 9.17) is 9.47 Å². The molecular weight excluding hydrogens is 361 g/mol. The highest BCUT2D eigenvalue weighted by molar-refractivity contribution is 5.93. The summed E-state index contributed by atoms with van der Waals surface area (Å²) in [7, 11) is 0.